The number of hydrogen-bond donors (Lipinski definition) is 1. The molecule has 0 amide bonds. The molecule has 0 spiro atoms. The van der Waals surface area contributed by atoms with Gasteiger partial charge < -0.3 is 15.5 Å². The molecule has 4 nitrogen and oxygen atoms in total. The molecule has 1 aliphatic heterocycles. The van der Waals surface area contributed by atoms with Gasteiger partial charge in [0.1, 0.15) is 5.82 Å². The van der Waals surface area contributed by atoms with Crippen LogP contribution in [0, 0.1) is 12.8 Å². The number of pyridine rings is 1. The van der Waals surface area contributed by atoms with E-state index in [0.717, 1.165) is 24.7 Å². The number of rotatable bonds is 5. The molecule has 1 aromatic rings. The van der Waals surface area contributed by atoms with Crippen molar-refractivity contribution in [3.63, 3.8) is 0 Å². The van der Waals surface area contributed by atoms with Crippen molar-refractivity contribution in [1.82, 2.24) is 9.88 Å². The van der Waals surface area contributed by atoms with Crippen LogP contribution < -0.4 is 10.6 Å². The molecule has 1 fully saturated rings. The smallest absolute Gasteiger partial charge is 0.131 e. The molecule has 0 bridgehead atoms. The third kappa shape index (κ3) is 4.68. The Morgan fingerprint density at radius 1 is 1.43 bits per heavy atom. The van der Waals surface area contributed by atoms with Gasteiger partial charge in [0.25, 0.3) is 0 Å². The maximum absolute atomic E-state index is 5.87. The number of aryl methyl sites for hydroxylation is 1. The van der Waals surface area contributed by atoms with Gasteiger partial charge in [-0.05, 0) is 70.3 Å². The summed E-state index contributed by atoms with van der Waals surface area (Å²) in [6, 6.07) is 2.42. The van der Waals surface area contributed by atoms with Crippen molar-refractivity contribution in [2.45, 2.75) is 39.2 Å². The zero-order valence-corrected chi connectivity index (χ0v) is 14.0. The monoisotopic (exact) mass is 290 g/mol. The number of piperidine rings is 1. The molecule has 1 atom stereocenters. The number of anilines is 1. The lowest BCUT2D eigenvalue weighted by atomic mass is 9.96. The summed E-state index contributed by atoms with van der Waals surface area (Å²) in [6.07, 6.45) is 5.47. The van der Waals surface area contributed by atoms with Gasteiger partial charge in [-0.15, -0.1) is 0 Å². The van der Waals surface area contributed by atoms with Crippen molar-refractivity contribution in [2.75, 3.05) is 38.6 Å². The standard InChI is InChI=1S/C17H30N4/c1-13-9-16(10-14(2)18)11-19-17(13)21(4)12-15-5-7-20(3)8-6-15/h9,11,14-15H,5-8,10,12,18H2,1-4H3. The lowest BCUT2D eigenvalue weighted by Gasteiger charge is -2.32. The highest BCUT2D eigenvalue weighted by atomic mass is 15.2. The zero-order chi connectivity index (χ0) is 15.4. The van der Waals surface area contributed by atoms with Gasteiger partial charge in [-0.25, -0.2) is 4.98 Å². The Balaban J connectivity index is 1.97. The minimum Gasteiger partial charge on any atom is -0.359 e. The van der Waals surface area contributed by atoms with Crippen molar-refractivity contribution < 1.29 is 0 Å². The number of nitrogens with two attached hydrogens (primary N) is 1. The Kier molecular flexibility index (Phi) is 5.59. The van der Waals surface area contributed by atoms with Crippen molar-refractivity contribution in [1.29, 1.82) is 0 Å². The number of likely N-dealkylation sites (tertiary alicyclic amines) is 1. The highest BCUT2D eigenvalue weighted by molar-refractivity contribution is 5.46. The lowest BCUT2D eigenvalue weighted by Crippen LogP contribution is -2.36. The van der Waals surface area contributed by atoms with Gasteiger partial charge >= 0.3 is 0 Å². The van der Waals surface area contributed by atoms with E-state index in [1.54, 1.807) is 0 Å². The number of hydrogen-bond acceptors (Lipinski definition) is 4. The molecule has 21 heavy (non-hydrogen) atoms. The molecule has 2 heterocycles. The fourth-order valence-corrected chi connectivity index (χ4v) is 3.23. The van der Waals surface area contributed by atoms with Gasteiger partial charge in [-0.1, -0.05) is 6.07 Å². The Labute approximate surface area is 129 Å². The predicted molar refractivity (Wildman–Crippen MR) is 89.8 cm³/mol. The summed E-state index contributed by atoms with van der Waals surface area (Å²) in [5, 5.41) is 0. The molecule has 2 rings (SSSR count). The third-order valence-corrected chi connectivity index (χ3v) is 4.40. The van der Waals surface area contributed by atoms with E-state index in [1.807, 2.05) is 13.1 Å². The summed E-state index contributed by atoms with van der Waals surface area (Å²) < 4.78 is 0. The molecule has 4 heteroatoms. The molecule has 118 valence electrons. The van der Waals surface area contributed by atoms with Crippen LogP contribution in [0.1, 0.15) is 30.9 Å². The summed E-state index contributed by atoms with van der Waals surface area (Å²) in [7, 11) is 4.38. The minimum atomic E-state index is 0.189. The summed E-state index contributed by atoms with van der Waals surface area (Å²) in [5.41, 5.74) is 8.35. The fourth-order valence-electron chi connectivity index (χ4n) is 3.23. The van der Waals surface area contributed by atoms with Gasteiger partial charge in [-0.3, -0.25) is 0 Å². The van der Waals surface area contributed by atoms with E-state index in [-0.39, 0.29) is 6.04 Å². The van der Waals surface area contributed by atoms with E-state index < -0.39 is 0 Å². The van der Waals surface area contributed by atoms with Crippen LogP contribution in [0.15, 0.2) is 12.3 Å². The Morgan fingerprint density at radius 2 is 2.10 bits per heavy atom. The highest BCUT2D eigenvalue weighted by Gasteiger charge is 2.19. The van der Waals surface area contributed by atoms with E-state index in [2.05, 4.69) is 41.9 Å². The summed E-state index contributed by atoms with van der Waals surface area (Å²) >= 11 is 0. The SMILES string of the molecule is Cc1cc(CC(C)N)cnc1N(C)CC1CCN(C)CC1. The third-order valence-electron chi connectivity index (χ3n) is 4.40. The van der Waals surface area contributed by atoms with Crippen LogP contribution >= 0.6 is 0 Å². The second kappa shape index (κ2) is 7.23. The topological polar surface area (TPSA) is 45.4 Å². The number of nitrogens with zero attached hydrogens (tertiary/aromatic N) is 3. The lowest BCUT2D eigenvalue weighted by molar-refractivity contribution is 0.222. The average Bonchev–Trinajstić information content (AvgIpc) is 2.40. The van der Waals surface area contributed by atoms with E-state index in [4.69, 9.17) is 5.73 Å². The van der Waals surface area contributed by atoms with Gasteiger partial charge in [0.2, 0.25) is 0 Å². The molecular weight excluding hydrogens is 260 g/mol. The molecule has 0 saturated carbocycles. The Hall–Kier alpha value is -1.13. The van der Waals surface area contributed by atoms with Crippen molar-refractivity contribution in [3.05, 3.63) is 23.4 Å². The predicted octanol–water partition coefficient (Wildman–Crippen LogP) is 2.06. The van der Waals surface area contributed by atoms with Gasteiger partial charge in [0.15, 0.2) is 0 Å². The van der Waals surface area contributed by atoms with Gasteiger partial charge in [0.05, 0.1) is 0 Å². The molecular formula is C17H30N4. The summed E-state index contributed by atoms with van der Waals surface area (Å²) in [5.74, 6) is 1.90. The summed E-state index contributed by atoms with van der Waals surface area (Å²) in [6.45, 7) is 7.73. The molecule has 1 unspecified atom stereocenters. The maximum Gasteiger partial charge on any atom is 0.131 e. The van der Waals surface area contributed by atoms with Crippen LogP contribution in [-0.4, -0.2) is 49.7 Å². The first-order valence-corrected chi connectivity index (χ1v) is 8.06. The molecule has 0 aromatic carbocycles. The van der Waals surface area contributed by atoms with Crippen LogP contribution in [0.4, 0.5) is 5.82 Å². The maximum atomic E-state index is 5.87. The second-order valence-electron chi connectivity index (χ2n) is 6.79. The van der Waals surface area contributed by atoms with Crippen LogP contribution in [0.3, 0.4) is 0 Å². The normalized spacial score (nSPS) is 18.7. The first-order chi connectivity index (χ1) is 9.95. The van der Waals surface area contributed by atoms with E-state index in [0.29, 0.717) is 0 Å². The molecule has 1 aromatic heterocycles. The fraction of sp³-hybridized carbons (Fsp3) is 0.706. The van der Waals surface area contributed by atoms with Gasteiger partial charge in [-0.2, -0.15) is 0 Å². The van der Waals surface area contributed by atoms with Crippen molar-refractivity contribution in [3.8, 4) is 0 Å². The molecule has 0 aliphatic carbocycles. The molecule has 1 saturated heterocycles. The first-order valence-electron chi connectivity index (χ1n) is 8.06. The highest BCUT2D eigenvalue weighted by Crippen LogP contribution is 2.22. The molecule has 1 aliphatic rings. The van der Waals surface area contributed by atoms with Crippen molar-refractivity contribution in [2.24, 2.45) is 11.7 Å². The average molecular weight is 290 g/mol. The Morgan fingerprint density at radius 3 is 2.67 bits per heavy atom. The van der Waals surface area contributed by atoms with Crippen LogP contribution in [0.5, 0.6) is 0 Å². The second-order valence-corrected chi connectivity index (χ2v) is 6.79. The summed E-state index contributed by atoms with van der Waals surface area (Å²) in [4.78, 5) is 9.41. The quantitative estimate of drug-likeness (QED) is 0.901. The van der Waals surface area contributed by atoms with E-state index >= 15 is 0 Å². The zero-order valence-electron chi connectivity index (χ0n) is 14.0. The Bertz CT molecular complexity index is 450. The van der Waals surface area contributed by atoms with Crippen LogP contribution in [0.25, 0.3) is 0 Å². The minimum absolute atomic E-state index is 0.189. The molecule has 2 N–H and O–H groups in total. The van der Waals surface area contributed by atoms with Crippen LogP contribution in [-0.2, 0) is 6.42 Å². The molecule has 0 radical (unpaired) electrons. The van der Waals surface area contributed by atoms with E-state index in [1.165, 1.54) is 37.1 Å². The largest absolute Gasteiger partial charge is 0.359 e. The first kappa shape index (κ1) is 16.2. The van der Waals surface area contributed by atoms with E-state index in [9.17, 15) is 0 Å². The van der Waals surface area contributed by atoms with Gasteiger partial charge in [0, 0.05) is 25.8 Å². The number of aromatic nitrogens is 1. The van der Waals surface area contributed by atoms with Crippen LogP contribution in [0.2, 0.25) is 0 Å². The van der Waals surface area contributed by atoms with Crippen molar-refractivity contribution >= 4 is 5.82 Å².